The number of nitrogens with zero attached hydrogens (tertiary/aromatic N) is 2. The number of piperazine rings is 1. The summed E-state index contributed by atoms with van der Waals surface area (Å²) in [4.78, 5) is 16.6. The maximum absolute atomic E-state index is 12.1. The first-order valence-electron chi connectivity index (χ1n) is 7.71. The molecule has 1 aromatic heterocycles. The highest BCUT2D eigenvalue weighted by atomic mass is 79.9. The lowest BCUT2D eigenvalue weighted by Crippen LogP contribution is -2.48. The topological polar surface area (TPSA) is 48.7 Å². The van der Waals surface area contributed by atoms with E-state index in [0.717, 1.165) is 48.6 Å². The van der Waals surface area contributed by atoms with Gasteiger partial charge in [-0.2, -0.15) is 0 Å². The van der Waals surface area contributed by atoms with E-state index in [1.807, 2.05) is 36.4 Å². The number of amides is 1. The molecular formula is C17H20BrN3O2. The number of nitrogens with one attached hydrogen (secondary N) is 1. The Morgan fingerprint density at radius 1 is 1.09 bits per heavy atom. The summed E-state index contributed by atoms with van der Waals surface area (Å²) in [5.41, 5.74) is 0.828. The Labute approximate surface area is 144 Å². The Kier molecular flexibility index (Phi) is 5.48. The third kappa shape index (κ3) is 4.92. The summed E-state index contributed by atoms with van der Waals surface area (Å²) in [5.74, 6) is 1.03. The molecular weight excluding hydrogens is 358 g/mol. The van der Waals surface area contributed by atoms with Crippen LogP contribution in [0, 0.1) is 0 Å². The number of carbonyl (C=O) groups is 1. The molecule has 1 aliphatic rings. The predicted molar refractivity (Wildman–Crippen MR) is 93.2 cm³/mol. The number of carbonyl (C=O) groups excluding carboxylic acids is 1. The minimum absolute atomic E-state index is 0.0341. The van der Waals surface area contributed by atoms with Gasteiger partial charge in [-0.1, -0.05) is 15.9 Å². The van der Waals surface area contributed by atoms with Crippen LogP contribution in [0.2, 0.25) is 0 Å². The van der Waals surface area contributed by atoms with Gasteiger partial charge in [-0.05, 0) is 36.4 Å². The van der Waals surface area contributed by atoms with Gasteiger partial charge in [0, 0.05) is 36.3 Å². The third-order valence-electron chi connectivity index (χ3n) is 3.92. The smallest absolute Gasteiger partial charge is 0.238 e. The van der Waals surface area contributed by atoms with E-state index < -0.39 is 0 Å². The molecule has 1 amide bonds. The minimum atomic E-state index is 0.0341. The molecule has 3 rings (SSSR count). The maximum Gasteiger partial charge on any atom is 0.238 e. The van der Waals surface area contributed by atoms with Gasteiger partial charge in [0.05, 0.1) is 19.4 Å². The molecule has 0 spiro atoms. The molecule has 0 radical (unpaired) electrons. The normalized spacial score (nSPS) is 16.4. The van der Waals surface area contributed by atoms with Crippen LogP contribution in [-0.2, 0) is 11.3 Å². The Balaban J connectivity index is 1.41. The number of rotatable bonds is 5. The SMILES string of the molecule is O=C(CN1CCN(Cc2ccco2)CC1)Nc1ccc(Br)cc1. The van der Waals surface area contributed by atoms with E-state index in [2.05, 4.69) is 31.0 Å². The fraction of sp³-hybridized carbons (Fsp3) is 0.353. The molecule has 1 N–H and O–H groups in total. The van der Waals surface area contributed by atoms with Crippen LogP contribution in [0.1, 0.15) is 5.76 Å². The van der Waals surface area contributed by atoms with Crippen molar-refractivity contribution in [3.8, 4) is 0 Å². The highest BCUT2D eigenvalue weighted by Gasteiger charge is 2.19. The van der Waals surface area contributed by atoms with Crippen LogP contribution >= 0.6 is 15.9 Å². The van der Waals surface area contributed by atoms with Gasteiger partial charge in [-0.15, -0.1) is 0 Å². The second-order valence-corrected chi connectivity index (χ2v) is 6.60. The van der Waals surface area contributed by atoms with Crippen LogP contribution in [0.15, 0.2) is 51.6 Å². The summed E-state index contributed by atoms with van der Waals surface area (Å²) in [6.07, 6.45) is 1.71. The van der Waals surface area contributed by atoms with Gasteiger partial charge in [0.15, 0.2) is 0 Å². The highest BCUT2D eigenvalue weighted by Crippen LogP contribution is 2.14. The van der Waals surface area contributed by atoms with Crippen LogP contribution in [0.4, 0.5) is 5.69 Å². The molecule has 23 heavy (non-hydrogen) atoms. The summed E-state index contributed by atoms with van der Waals surface area (Å²) in [5, 5.41) is 2.93. The monoisotopic (exact) mass is 377 g/mol. The van der Waals surface area contributed by atoms with Gasteiger partial charge >= 0.3 is 0 Å². The molecule has 0 atom stereocenters. The number of hydrogen-bond acceptors (Lipinski definition) is 4. The van der Waals surface area contributed by atoms with Crippen molar-refractivity contribution < 1.29 is 9.21 Å². The maximum atomic E-state index is 12.1. The van der Waals surface area contributed by atoms with Crippen molar-refractivity contribution in [3.05, 3.63) is 52.9 Å². The first-order chi connectivity index (χ1) is 11.2. The molecule has 0 unspecified atom stereocenters. The second-order valence-electron chi connectivity index (χ2n) is 5.69. The average molecular weight is 378 g/mol. The highest BCUT2D eigenvalue weighted by molar-refractivity contribution is 9.10. The van der Waals surface area contributed by atoms with Crippen molar-refractivity contribution in [2.24, 2.45) is 0 Å². The molecule has 1 aliphatic heterocycles. The fourth-order valence-electron chi connectivity index (χ4n) is 2.67. The molecule has 1 aromatic carbocycles. The first kappa shape index (κ1) is 16.2. The van der Waals surface area contributed by atoms with Crippen LogP contribution in [0.5, 0.6) is 0 Å². The van der Waals surface area contributed by atoms with E-state index in [-0.39, 0.29) is 5.91 Å². The molecule has 1 saturated heterocycles. The van der Waals surface area contributed by atoms with E-state index in [9.17, 15) is 4.79 Å². The first-order valence-corrected chi connectivity index (χ1v) is 8.51. The Morgan fingerprint density at radius 3 is 2.43 bits per heavy atom. The van der Waals surface area contributed by atoms with Crippen LogP contribution in [0.25, 0.3) is 0 Å². The standard InChI is InChI=1S/C17H20BrN3O2/c18-14-3-5-15(6-4-14)19-17(22)13-21-9-7-20(8-10-21)12-16-2-1-11-23-16/h1-6,11H,7-10,12-13H2,(H,19,22). The van der Waals surface area contributed by atoms with Gasteiger partial charge in [-0.3, -0.25) is 14.6 Å². The van der Waals surface area contributed by atoms with E-state index in [0.29, 0.717) is 6.54 Å². The summed E-state index contributed by atoms with van der Waals surface area (Å²) in [6, 6.07) is 11.5. The number of furan rings is 1. The summed E-state index contributed by atoms with van der Waals surface area (Å²) >= 11 is 3.39. The van der Waals surface area contributed by atoms with Crippen molar-refractivity contribution in [1.82, 2.24) is 9.80 Å². The number of halogens is 1. The van der Waals surface area contributed by atoms with Gasteiger partial charge in [0.25, 0.3) is 0 Å². The van der Waals surface area contributed by atoms with Gasteiger partial charge < -0.3 is 9.73 Å². The van der Waals surface area contributed by atoms with Crippen molar-refractivity contribution in [3.63, 3.8) is 0 Å². The van der Waals surface area contributed by atoms with Gasteiger partial charge in [0.1, 0.15) is 5.76 Å². The second kappa shape index (κ2) is 7.77. The van der Waals surface area contributed by atoms with Crippen molar-refractivity contribution in [2.75, 3.05) is 38.0 Å². The summed E-state index contributed by atoms with van der Waals surface area (Å²) < 4.78 is 6.38. The van der Waals surface area contributed by atoms with Crippen molar-refractivity contribution in [1.29, 1.82) is 0 Å². The fourth-order valence-corrected chi connectivity index (χ4v) is 2.93. The van der Waals surface area contributed by atoms with Crippen LogP contribution < -0.4 is 5.32 Å². The molecule has 0 saturated carbocycles. The predicted octanol–water partition coefficient (Wildman–Crippen LogP) is 2.80. The Bertz CT molecular complexity index is 620. The van der Waals surface area contributed by atoms with Gasteiger partial charge in [0.2, 0.25) is 5.91 Å². The van der Waals surface area contributed by atoms with Crippen molar-refractivity contribution in [2.45, 2.75) is 6.54 Å². The zero-order valence-corrected chi connectivity index (χ0v) is 14.5. The lowest BCUT2D eigenvalue weighted by molar-refractivity contribution is -0.117. The van der Waals surface area contributed by atoms with Crippen LogP contribution in [-0.4, -0.2) is 48.4 Å². The van der Waals surface area contributed by atoms with Crippen LogP contribution in [0.3, 0.4) is 0 Å². The molecule has 6 heteroatoms. The lowest BCUT2D eigenvalue weighted by atomic mass is 10.3. The lowest BCUT2D eigenvalue weighted by Gasteiger charge is -2.33. The molecule has 5 nitrogen and oxygen atoms in total. The molecule has 1 fully saturated rings. The number of benzene rings is 1. The summed E-state index contributed by atoms with van der Waals surface area (Å²) in [6.45, 7) is 4.97. The molecule has 0 aliphatic carbocycles. The van der Waals surface area contributed by atoms with E-state index >= 15 is 0 Å². The number of hydrogen-bond donors (Lipinski definition) is 1. The number of anilines is 1. The van der Waals surface area contributed by atoms with E-state index in [1.54, 1.807) is 6.26 Å². The molecule has 122 valence electrons. The minimum Gasteiger partial charge on any atom is -0.468 e. The Hall–Kier alpha value is -1.63. The van der Waals surface area contributed by atoms with Crippen molar-refractivity contribution >= 4 is 27.5 Å². The quantitative estimate of drug-likeness (QED) is 0.870. The van der Waals surface area contributed by atoms with E-state index in [1.165, 1.54) is 0 Å². The largest absolute Gasteiger partial charge is 0.468 e. The zero-order valence-electron chi connectivity index (χ0n) is 12.9. The molecule has 2 aromatic rings. The van der Waals surface area contributed by atoms with Gasteiger partial charge in [-0.25, -0.2) is 0 Å². The van der Waals surface area contributed by atoms with E-state index in [4.69, 9.17) is 4.42 Å². The average Bonchev–Trinajstić information content (AvgIpc) is 3.04. The zero-order chi connectivity index (χ0) is 16.1. The Morgan fingerprint density at radius 2 is 1.78 bits per heavy atom. The third-order valence-corrected chi connectivity index (χ3v) is 4.45. The summed E-state index contributed by atoms with van der Waals surface area (Å²) in [7, 11) is 0. The molecule has 2 heterocycles. The molecule has 0 bridgehead atoms.